The van der Waals surface area contributed by atoms with Crippen LogP contribution in [0.2, 0.25) is 0 Å². The maximum absolute atomic E-state index is 9.75. The average molecular weight is 311 g/mol. The Morgan fingerprint density at radius 3 is 1.72 bits per heavy atom. The summed E-state index contributed by atoms with van der Waals surface area (Å²) in [6.45, 7) is 7.83. The van der Waals surface area contributed by atoms with E-state index in [2.05, 4.69) is 13.5 Å². The van der Waals surface area contributed by atoms with Crippen molar-refractivity contribution >= 4 is 16.1 Å². The Labute approximate surface area is 147 Å². The fourth-order valence-electron chi connectivity index (χ4n) is 0.182. The number of aliphatic carboxylic acids is 1. The predicted molar refractivity (Wildman–Crippen MR) is 57.6 cm³/mol. The van der Waals surface area contributed by atoms with Crippen molar-refractivity contribution in [1.29, 1.82) is 0 Å². The van der Waals surface area contributed by atoms with Crippen LogP contribution in [0, 0.1) is 17.0 Å². The third-order valence-electron chi connectivity index (χ3n) is 0.767. The summed E-state index contributed by atoms with van der Waals surface area (Å²) in [4.78, 5) is 18.0. The van der Waals surface area contributed by atoms with Gasteiger partial charge in [-0.2, -0.15) is 14.8 Å². The molecule has 3 N–H and O–H groups in total. The molecule has 0 unspecified atom stereocenters. The number of carboxylic acids is 1. The van der Waals surface area contributed by atoms with Gasteiger partial charge >= 0.3 is 57.4 Å². The SMILES string of the molecule is C=C(C)C(=O)O.O=[N+]([O-])O.[CH2-]CCS(=O)(=O)O.[K+]. The summed E-state index contributed by atoms with van der Waals surface area (Å²) in [6.07, 6.45) is 0.221. The number of rotatable bonds is 3. The molecule has 102 valence electrons. The molecule has 0 aromatic rings. The number of hydrogen-bond donors (Lipinski definition) is 3. The van der Waals surface area contributed by atoms with Crippen molar-refractivity contribution in [3.8, 4) is 0 Å². The third-order valence-corrected chi connectivity index (χ3v) is 1.57. The zero-order valence-corrected chi connectivity index (χ0v) is 14.0. The molecular weight excluding hydrogens is 297 g/mol. The molecule has 0 atom stereocenters. The van der Waals surface area contributed by atoms with Crippen molar-refractivity contribution in [2.24, 2.45) is 0 Å². The maximum Gasteiger partial charge on any atom is 1.00 e. The molecule has 0 aromatic carbocycles. The maximum atomic E-state index is 9.75. The summed E-state index contributed by atoms with van der Waals surface area (Å²) in [5.41, 5.74) is 0.176. The molecule has 0 aliphatic heterocycles. The minimum Gasteiger partial charge on any atom is -0.478 e. The third kappa shape index (κ3) is 56.4. The van der Waals surface area contributed by atoms with Gasteiger partial charge in [-0.05, 0) is 6.92 Å². The predicted octanol–water partition coefficient (Wildman–Crippen LogP) is -2.60. The van der Waals surface area contributed by atoms with Crippen LogP contribution in [0.25, 0.3) is 0 Å². The first-order valence-electron chi connectivity index (χ1n) is 3.90. The van der Waals surface area contributed by atoms with Gasteiger partial charge in [-0.15, -0.1) is 10.1 Å². The molecule has 18 heavy (non-hydrogen) atoms. The van der Waals surface area contributed by atoms with E-state index in [1.807, 2.05) is 0 Å². The van der Waals surface area contributed by atoms with Crippen molar-refractivity contribution < 1.29 is 84.6 Å². The van der Waals surface area contributed by atoms with Crippen LogP contribution in [0.3, 0.4) is 0 Å². The molecule has 0 aromatic heterocycles. The van der Waals surface area contributed by atoms with Gasteiger partial charge in [0.15, 0.2) is 0 Å². The van der Waals surface area contributed by atoms with Gasteiger partial charge in [0.1, 0.15) is 0 Å². The van der Waals surface area contributed by atoms with Gasteiger partial charge in [0.2, 0.25) is 0 Å². The Bertz CT molecular complexity index is 336. The van der Waals surface area contributed by atoms with Gasteiger partial charge in [-0.25, -0.2) is 4.79 Å². The first kappa shape index (κ1) is 26.5. The molecule has 11 heteroatoms. The van der Waals surface area contributed by atoms with Crippen molar-refractivity contribution in [2.75, 3.05) is 5.75 Å². The van der Waals surface area contributed by atoms with Crippen molar-refractivity contribution in [3.63, 3.8) is 0 Å². The molecule has 9 nitrogen and oxygen atoms in total. The smallest absolute Gasteiger partial charge is 0.478 e. The summed E-state index contributed by atoms with van der Waals surface area (Å²) in [5, 5.41) is 21.5. The van der Waals surface area contributed by atoms with E-state index in [1.165, 1.54) is 6.92 Å². The molecule has 0 heterocycles. The fourth-order valence-corrected chi connectivity index (χ4v) is 0.547. The molecule has 0 saturated carbocycles. The Morgan fingerprint density at radius 2 is 1.72 bits per heavy atom. The molecule has 0 fully saturated rings. The van der Waals surface area contributed by atoms with Gasteiger partial charge in [-0.1, -0.05) is 6.58 Å². The second kappa shape index (κ2) is 15.0. The van der Waals surface area contributed by atoms with Gasteiger partial charge in [0, 0.05) is 11.3 Å². The van der Waals surface area contributed by atoms with Crippen LogP contribution in [0.1, 0.15) is 13.3 Å². The average Bonchev–Trinajstić information content (AvgIpc) is 2.00. The number of nitrogens with zero attached hydrogens (tertiary/aromatic N) is 1. The summed E-state index contributed by atoms with van der Waals surface area (Å²) >= 11 is 0. The van der Waals surface area contributed by atoms with E-state index in [-0.39, 0.29) is 69.1 Å². The zero-order valence-electron chi connectivity index (χ0n) is 10.1. The Balaban J connectivity index is -0.0000000823. The topological polar surface area (TPSA) is 155 Å². The van der Waals surface area contributed by atoms with Crippen LogP contribution in [0.5, 0.6) is 0 Å². The van der Waals surface area contributed by atoms with Crippen LogP contribution >= 0.6 is 0 Å². The number of carbonyl (C=O) groups is 1. The first-order chi connectivity index (χ1) is 7.44. The molecule has 0 aliphatic carbocycles. The van der Waals surface area contributed by atoms with E-state index in [1.54, 1.807) is 0 Å². The van der Waals surface area contributed by atoms with Gasteiger partial charge in [0.05, 0.1) is 0 Å². The Morgan fingerprint density at radius 1 is 1.50 bits per heavy atom. The molecule has 0 saturated heterocycles. The van der Waals surface area contributed by atoms with E-state index in [0.29, 0.717) is 0 Å². The zero-order chi connectivity index (χ0) is 14.6. The quantitative estimate of drug-likeness (QED) is 0.128. The van der Waals surface area contributed by atoms with Crippen LogP contribution < -0.4 is 51.4 Å². The Kier molecular flexibility index (Phi) is 22.1. The summed E-state index contributed by atoms with van der Waals surface area (Å²) in [5.74, 6) is -1.18. The van der Waals surface area contributed by atoms with Gasteiger partial charge in [0.25, 0.3) is 15.2 Å². The minimum atomic E-state index is -3.74. The Hall–Kier alpha value is -0.0436. The van der Waals surface area contributed by atoms with E-state index >= 15 is 0 Å². The monoisotopic (exact) mass is 311 g/mol. The van der Waals surface area contributed by atoms with Crippen molar-refractivity contribution in [2.45, 2.75) is 13.3 Å². The van der Waals surface area contributed by atoms with E-state index < -0.39 is 21.2 Å². The molecule has 0 spiro atoms. The molecule has 0 aliphatic rings. The molecule has 0 amide bonds. The fraction of sp³-hybridized carbons (Fsp3) is 0.429. The molecule has 0 radical (unpaired) electrons. The van der Waals surface area contributed by atoms with Gasteiger partial charge in [-0.3, -0.25) is 4.55 Å². The van der Waals surface area contributed by atoms with Crippen LogP contribution in [-0.2, 0) is 14.9 Å². The van der Waals surface area contributed by atoms with Gasteiger partial charge < -0.3 is 17.2 Å². The van der Waals surface area contributed by atoms with E-state index in [0.717, 1.165) is 0 Å². The first-order valence-corrected chi connectivity index (χ1v) is 5.51. The van der Waals surface area contributed by atoms with Crippen molar-refractivity contribution in [3.05, 3.63) is 29.2 Å². The molecule has 0 bridgehead atoms. The van der Waals surface area contributed by atoms with Crippen molar-refractivity contribution in [1.82, 2.24) is 0 Å². The van der Waals surface area contributed by atoms with E-state index in [9.17, 15) is 13.2 Å². The van der Waals surface area contributed by atoms with Crippen LogP contribution in [0.15, 0.2) is 12.2 Å². The second-order valence-electron chi connectivity index (χ2n) is 2.46. The summed E-state index contributed by atoms with van der Waals surface area (Å²) in [7, 11) is -3.74. The summed E-state index contributed by atoms with van der Waals surface area (Å²) in [6, 6.07) is 0. The van der Waals surface area contributed by atoms with E-state index in [4.69, 9.17) is 25.0 Å². The number of carboxylic acid groups (broad SMARTS) is 1. The molecule has 0 rings (SSSR count). The largest absolute Gasteiger partial charge is 1.00 e. The minimum absolute atomic E-state index is 0. The van der Waals surface area contributed by atoms with Crippen LogP contribution in [0.4, 0.5) is 0 Å². The number of hydrogen-bond acceptors (Lipinski definition) is 5. The standard InChI is InChI=1S/C4H6O2.C3H7O3S.K.HNO3/c1-3(2)4(5)6;1-2-3-7(4,5)6;;2-1(3)4/h1H2,2H3,(H,5,6);1-3H2,(H,4,5,6);;(H,2,3,4)/q;-1;+1;. The normalized spacial score (nSPS) is 8.39. The summed E-state index contributed by atoms with van der Waals surface area (Å²) < 4.78 is 27.4. The second-order valence-corrected chi connectivity index (χ2v) is 4.03. The van der Waals surface area contributed by atoms with Crippen LogP contribution in [-0.4, -0.2) is 40.1 Å². The molecular formula is C7H14KNO8S.